The summed E-state index contributed by atoms with van der Waals surface area (Å²) in [5.41, 5.74) is 2.45. The molecule has 1 aromatic carbocycles. The van der Waals surface area contributed by atoms with Crippen molar-refractivity contribution < 1.29 is 13.2 Å². The Morgan fingerprint density at radius 3 is 2.48 bits per heavy atom. The van der Waals surface area contributed by atoms with Crippen LogP contribution >= 0.6 is 0 Å². The predicted octanol–water partition coefficient (Wildman–Crippen LogP) is 2.51. The van der Waals surface area contributed by atoms with Crippen LogP contribution < -0.4 is 4.74 Å². The summed E-state index contributed by atoms with van der Waals surface area (Å²) in [4.78, 5) is 8.86. The number of ether oxygens (including phenoxy) is 1. The Kier molecular flexibility index (Phi) is 5.33. The summed E-state index contributed by atoms with van der Waals surface area (Å²) in [5, 5.41) is 4.16. The third-order valence-electron chi connectivity index (χ3n) is 4.82. The monoisotopic (exact) mass is 413 g/mol. The Bertz CT molecular complexity index is 1060. The summed E-state index contributed by atoms with van der Waals surface area (Å²) in [6.45, 7) is 4.51. The van der Waals surface area contributed by atoms with Crippen LogP contribution in [0.4, 0.5) is 0 Å². The molecule has 1 unspecified atom stereocenters. The third kappa shape index (κ3) is 4.30. The lowest BCUT2D eigenvalue weighted by Gasteiger charge is -2.31. The van der Waals surface area contributed by atoms with Crippen molar-refractivity contribution in [3.05, 3.63) is 60.2 Å². The molecule has 1 saturated heterocycles. The van der Waals surface area contributed by atoms with Gasteiger partial charge in [0.25, 0.3) is 0 Å². The van der Waals surface area contributed by atoms with E-state index in [1.54, 1.807) is 35.1 Å². The molecule has 152 valence electrons. The average molecular weight is 414 g/mol. The van der Waals surface area contributed by atoms with Gasteiger partial charge in [-0.15, -0.1) is 0 Å². The number of benzene rings is 1. The van der Waals surface area contributed by atoms with Gasteiger partial charge in [0.1, 0.15) is 6.10 Å². The van der Waals surface area contributed by atoms with Crippen molar-refractivity contribution >= 4 is 10.0 Å². The minimum atomic E-state index is -3.61. The number of aromatic nitrogens is 4. The van der Waals surface area contributed by atoms with Crippen molar-refractivity contribution in [1.82, 2.24) is 24.1 Å². The first-order valence-corrected chi connectivity index (χ1v) is 10.9. The van der Waals surface area contributed by atoms with Crippen molar-refractivity contribution in [2.45, 2.75) is 37.7 Å². The highest BCUT2D eigenvalue weighted by Crippen LogP contribution is 2.23. The predicted molar refractivity (Wildman–Crippen MR) is 107 cm³/mol. The lowest BCUT2D eigenvalue weighted by atomic mass is 10.1. The topological polar surface area (TPSA) is 90.2 Å². The second kappa shape index (κ2) is 7.92. The van der Waals surface area contributed by atoms with Crippen molar-refractivity contribution in [3.63, 3.8) is 0 Å². The van der Waals surface area contributed by atoms with E-state index in [1.807, 2.05) is 32.2 Å². The van der Waals surface area contributed by atoms with Crippen molar-refractivity contribution in [2.75, 3.05) is 13.1 Å². The lowest BCUT2D eigenvalue weighted by molar-refractivity contribution is 0.119. The molecule has 2 aromatic heterocycles. The maximum atomic E-state index is 13.1. The molecule has 4 rings (SSSR count). The van der Waals surface area contributed by atoms with Crippen molar-refractivity contribution in [3.8, 4) is 11.7 Å². The number of rotatable bonds is 5. The molecule has 3 heterocycles. The minimum absolute atomic E-state index is 0.261. The first-order valence-electron chi connectivity index (χ1n) is 9.51. The average Bonchev–Trinajstić information content (AvgIpc) is 3.22. The standard InChI is InChI=1S/C20H23N5O3S/c1-15-13-16(2)23-20(22-15)28-18-5-3-11-24(14-18)29(26,27)19-8-6-17(7-9-19)25-12-4-10-21-25/h4,6-10,12-13,18H,3,5,11,14H2,1-2H3. The molecule has 0 bridgehead atoms. The van der Waals surface area contributed by atoms with E-state index >= 15 is 0 Å². The number of sulfonamides is 1. The Morgan fingerprint density at radius 2 is 1.83 bits per heavy atom. The van der Waals surface area contributed by atoms with Gasteiger partial charge < -0.3 is 4.74 Å². The van der Waals surface area contributed by atoms with Gasteiger partial charge in [-0.25, -0.2) is 23.1 Å². The highest BCUT2D eigenvalue weighted by molar-refractivity contribution is 7.89. The van der Waals surface area contributed by atoms with Crippen LogP contribution in [0.3, 0.4) is 0 Å². The molecule has 3 aromatic rings. The van der Waals surface area contributed by atoms with Gasteiger partial charge in [-0.1, -0.05) is 0 Å². The summed E-state index contributed by atoms with van der Waals surface area (Å²) >= 11 is 0. The zero-order valence-corrected chi connectivity index (χ0v) is 17.2. The van der Waals surface area contributed by atoms with Gasteiger partial charge in [-0.2, -0.15) is 9.40 Å². The Balaban J connectivity index is 1.49. The van der Waals surface area contributed by atoms with Crippen LogP contribution in [0, 0.1) is 13.8 Å². The van der Waals surface area contributed by atoms with Gasteiger partial charge in [-0.05, 0) is 63.1 Å². The van der Waals surface area contributed by atoms with Gasteiger partial charge in [0.2, 0.25) is 10.0 Å². The molecule has 0 saturated carbocycles. The first-order chi connectivity index (χ1) is 13.9. The van der Waals surface area contributed by atoms with Gasteiger partial charge >= 0.3 is 6.01 Å². The van der Waals surface area contributed by atoms with E-state index in [0.29, 0.717) is 12.6 Å². The van der Waals surface area contributed by atoms with E-state index in [4.69, 9.17) is 4.74 Å². The Labute approximate surface area is 170 Å². The van der Waals surface area contributed by atoms with Crippen LogP contribution in [0.25, 0.3) is 5.69 Å². The molecule has 1 aliphatic rings. The summed E-state index contributed by atoms with van der Waals surface area (Å²) in [7, 11) is -3.61. The summed E-state index contributed by atoms with van der Waals surface area (Å²) in [6, 6.07) is 10.7. The molecule has 9 heteroatoms. The Morgan fingerprint density at radius 1 is 1.10 bits per heavy atom. The maximum Gasteiger partial charge on any atom is 0.317 e. The molecule has 29 heavy (non-hydrogen) atoms. The highest BCUT2D eigenvalue weighted by Gasteiger charge is 2.31. The molecule has 1 aliphatic heterocycles. The second-order valence-corrected chi connectivity index (χ2v) is 9.06. The molecular formula is C20H23N5O3S. The third-order valence-corrected chi connectivity index (χ3v) is 6.70. The first kappa shape index (κ1) is 19.5. The second-order valence-electron chi connectivity index (χ2n) is 7.12. The fourth-order valence-electron chi connectivity index (χ4n) is 3.46. The van der Waals surface area contributed by atoms with E-state index in [2.05, 4.69) is 15.1 Å². The van der Waals surface area contributed by atoms with E-state index < -0.39 is 10.0 Å². The van der Waals surface area contributed by atoms with Crippen LogP contribution in [0.1, 0.15) is 24.2 Å². The van der Waals surface area contributed by atoms with Crippen LogP contribution in [-0.2, 0) is 10.0 Å². The van der Waals surface area contributed by atoms with Crippen LogP contribution in [0.2, 0.25) is 0 Å². The molecular weight excluding hydrogens is 390 g/mol. The van der Waals surface area contributed by atoms with E-state index in [0.717, 1.165) is 29.9 Å². The summed E-state index contributed by atoms with van der Waals surface area (Å²) < 4.78 is 35.3. The normalized spacial score (nSPS) is 17.9. The van der Waals surface area contributed by atoms with Crippen molar-refractivity contribution in [1.29, 1.82) is 0 Å². The molecule has 8 nitrogen and oxygen atoms in total. The van der Waals surface area contributed by atoms with Gasteiger partial charge in [0.15, 0.2) is 0 Å². The fourth-order valence-corrected chi connectivity index (χ4v) is 4.97. The minimum Gasteiger partial charge on any atom is -0.459 e. The maximum absolute atomic E-state index is 13.1. The molecule has 1 fully saturated rings. The fraction of sp³-hybridized carbons (Fsp3) is 0.350. The zero-order valence-electron chi connectivity index (χ0n) is 16.4. The van der Waals surface area contributed by atoms with Gasteiger partial charge in [0.05, 0.1) is 17.1 Å². The molecule has 0 N–H and O–H groups in total. The van der Waals surface area contributed by atoms with Gasteiger partial charge in [0, 0.05) is 30.3 Å². The number of nitrogens with zero attached hydrogens (tertiary/aromatic N) is 5. The summed E-state index contributed by atoms with van der Waals surface area (Å²) in [6.07, 6.45) is 4.70. The molecule has 0 radical (unpaired) electrons. The van der Waals surface area contributed by atoms with Crippen LogP contribution in [0.5, 0.6) is 6.01 Å². The molecule has 0 spiro atoms. The highest BCUT2D eigenvalue weighted by atomic mass is 32.2. The number of hydrogen-bond donors (Lipinski definition) is 0. The van der Waals surface area contributed by atoms with Crippen LogP contribution in [-0.4, -0.2) is 51.7 Å². The molecule has 0 aliphatic carbocycles. The van der Waals surface area contributed by atoms with E-state index in [9.17, 15) is 8.42 Å². The molecule has 0 amide bonds. The number of piperidine rings is 1. The SMILES string of the molecule is Cc1cc(C)nc(OC2CCCN(S(=O)(=O)c3ccc(-n4cccn4)cc3)C2)n1. The van der Waals surface area contributed by atoms with E-state index in [-0.39, 0.29) is 17.5 Å². The lowest BCUT2D eigenvalue weighted by Crippen LogP contribution is -2.44. The number of aryl methyl sites for hydroxylation is 2. The largest absolute Gasteiger partial charge is 0.459 e. The van der Waals surface area contributed by atoms with Crippen LogP contribution in [0.15, 0.2) is 53.7 Å². The van der Waals surface area contributed by atoms with Crippen molar-refractivity contribution in [2.24, 2.45) is 0 Å². The smallest absolute Gasteiger partial charge is 0.317 e. The van der Waals surface area contributed by atoms with E-state index in [1.165, 1.54) is 4.31 Å². The number of hydrogen-bond acceptors (Lipinski definition) is 6. The Hall–Kier alpha value is -2.78. The summed E-state index contributed by atoms with van der Waals surface area (Å²) in [5.74, 6) is 0. The quantitative estimate of drug-likeness (QED) is 0.638. The van der Waals surface area contributed by atoms with Gasteiger partial charge in [-0.3, -0.25) is 0 Å². The zero-order chi connectivity index (χ0) is 20.4. The molecule has 1 atom stereocenters.